The van der Waals surface area contributed by atoms with Gasteiger partial charge in [0.15, 0.2) is 29.1 Å². The highest BCUT2D eigenvalue weighted by atomic mass is 19.2. The molecule has 35 heavy (non-hydrogen) atoms. The highest BCUT2D eigenvalue weighted by Gasteiger charge is 2.27. The molecule has 9 heteroatoms. The van der Waals surface area contributed by atoms with Crippen molar-refractivity contribution < 1.29 is 30.7 Å². The molecule has 0 spiro atoms. The highest BCUT2D eigenvalue weighted by molar-refractivity contribution is 5.33. The van der Waals surface area contributed by atoms with E-state index in [0.717, 1.165) is 36.4 Å². The molecule has 0 amide bonds. The van der Waals surface area contributed by atoms with Gasteiger partial charge in [0, 0.05) is 11.1 Å². The summed E-state index contributed by atoms with van der Waals surface area (Å²) in [6.45, 7) is 6.05. The molecule has 0 bridgehead atoms. The Hall–Kier alpha value is -3.85. The summed E-state index contributed by atoms with van der Waals surface area (Å²) in [7, 11) is 0. The predicted molar refractivity (Wildman–Crippen MR) is 116 cm³/mol. The van der Waals surface area contributed by atoms with Crippen molar-refractivity contribution in [1.29, 1.82) is 10.5 Å². The monoisotopic (exact) mass is 494 g/mol. The van der Waals surface area contributed by atoms with Gasteiger partial charge in [0.1, 0.15) is 11.6 Å². The molecule has 0 saturated carbocycles. The van der Waals surface area contributed by atoms with Crippen LogP contribution in [-0.2, 0) is 10.8 Å². The van der Waals surface area contributed by atoms with E-state index >= 15 is 0 Å². The first-order chi connectivity index (χ1) is 16.2. The Kier molecular flexibility index (Phi) is 10.0. The Morgan fingerprint density at radius 1 is 0.514 bits per heavy atom. The SMILES string of the molecule is CC(C)(C#N)c1c(F)cccc1F.CC(C)(C#N)c1cccc(F)c1F.Fc1cccc(F)c1F. The molecule has 0 aliphatic heterocycles. The summed E-state index contributed by atoms with van der Waals surface area (Å²) >= 11 is 0. The summed E-state index contributed by atoms with van der Waals surface area (Å²) in [5.41, 5.74) is -2.20. The van der Waals surface area contributed by atoms with Gasteiger partial charge in [-0.15, -0.1) is 0 Å². The van der Waals surface area contributed by atoms with Crippen LogP contribution in [0.2, 0.25) is 0 Å². The summed E-state index contributed by atoms with van der Waals surface area (Å²) < 4.78 is 88.1. The molecule has 184 valence electrons. The zero-order valence-corrected chi connectivity index (χ0v) is 19.2. The van der Waals surface area contributed by atoms with Gasteiger partial charge in [-0.05, 0) is 58.0 Å². The van der Waals surface area contributed by atoms with Crippen molar-refractivity contribution in [3.05, 3.63) is 106 Å². The Morgan fingerprint density at radius 3 is 1.23 bits per heavy atom. The molecule has 0 atom stereocenters. The second kappa shape index (κ2) is 12.0. The van der Waals surface area contributed by atoms with Crippen LogP contribution in [0.15, 0.2) is 54.6 Å². The number of hydrogen-bond acceptors (Lipinski definition) is 2. The number of nitrogens with zero attached hydrogens (tertiary/aromatic N) is 2. The quantitative estimate of drug-likeness (QED) is 0.272. The van der Waals surface area contributed by atoms with Crippen LogP contribution in [0, 0.1) is 63.4 Å². The maximum absolute atomic E-state index is 13.2. The Morgan fingerprint density at radius 2 is 0.857 bits per heavy atom. The average Bonchev–Trinajstić information content (AvgIpc) is 2.79. The van der Waals surface area contributed by atoms with Gasteiger partial charge in [-0.3, -0.25) is 0 Å². The van der Waals surface area contributed by atoms with Crippen molar-refractivity contribution in [3.63, 3.8) is 0 Å². The fourth-order valence-corrected chi connectivity index (χ4v) is 2.67. The summed E-state index contributed by atoms with van der Waals surface area (Å²) in [5.74, 6) is -6.93. The number of benzene rings is 3. The van der Waals surface area contributed by atoms with Crippen molar-refractivity contribution in [2.24, 2.45) is 0 Å². The van der Waals surface area contributed by atoms with E-state index in [9.17, 15) is 30.7 Å². The first kappa shape index (κ1) is 29.2. The minimum Gasteiger partial charge on any atom is -0.207 e. The van der Waals surface area contributed by atoms with Gasteiger partial charge < -0.3 is 0 Å². The lowest BCUT2D eigenvalue weighted by Crippen LogP contribution is -2.18. The lowest BCUT2D eigenvalue weighted by Gasteiger charge is -2.16. The fraction of sp³-hybridized carbons (Fsp3) is 0.231. The Balaban J connectivity index is 0.000000267. The van der Waals surface area contributed by atoms with Crippen LogP contribution < -0.4 is 0 Å². The van der Waals surface area contributed by atoms with Crippen molar-refractivity contribution in [2.75, 3.05) is 0 Å². The van der Waals surface area contributed by atoms with Gasteiger partial charge >= 0.3 is 0 Å². The lowest BCUT2D eigenvalue weighted by molar-refractivity contribution is 0.447. The standard InChI is InChI=1S/2C10H9F2N.C6H3F3/c1-10(2,6-13)9-7(11)4-3-5-8(9)12;1-10(2,6-13)7-4-3-5-8(11)9(7)12;7-4-2-1-3-5(8)6(4)9/h2*3-5H,1-2H3;1-3H. The van der Waals surface area contributed by atoms with E-state index < -0.39 is 51.6 Å². The molecule has 0 fully saturated rings. The third kappa shape index (κ3) is 7.58. The molecular formula is C26H21F7N2. The molecule has 0 aliphatic carbocycles. The van der Waals surface area contributed by atoms with Crippen LogP contribution in [0.3, 0.4) is 0 Å². The normalized spacial score (nSPS) is 10.7. The van der Waals surface area contributed by atoms with Gasteiger partial charge in [0.25, 0.3) is 0 Å². The van der Waals surface area contributed by atoms with E-state index in [-0.39, 0.29) is 11.1 Å². The van der Waals surface area contributed by atoms with E-state index in [0.29, 0.717) is 0 Å². The largest absolute Gasteiger partial charge is 0.207 e. The number of halogens is 7. The Labute approximate surface area is 198 Å². The summed E-state index contributed by atoms with van der Waals surface area (Å²) in [5, 5.41) is 17.4. The first-order valence-corrected chi connectivity index (χ1v) is 10.0. The van der Waals surface area contributed by atoms with Gasteiger partial charge in [-0.25, -0.2) is 30.7 Å². The second-order valence-corrected chi connectivity index (χ2v) is 8.21. The van der Waals surface area contributed by atoms with Crippen LogP contribution in [-0.4, -0.2) is 0 Å². The first-order valence-electron chi connectivity index (χ1n) is 10.0. The molecule has 3 rings (SSSR count). The van der Waals surface area contributed by atoms with Crippen LogP contribution in [0.25, 0.3) is 0 Å². The van der Waals surface area contributed by atoms with Crippen LogP contribution >= 0.6 is 0 Å². The van der Waals surface area contributed by atoms with Crippen LogP contribution in [0.4, 0.5) is 30.7 Å². The molecule has 2 nitrogen and oxygen atoms in total. The van der Waals surface area contributed by atoms with Crippen molar-refractivity contribution in [2.45, 2.75) is 38.5 Å². The molecule has 0 N–H and O–H groups in total. The summed E-state index contributed by atoms with van der Waals surface area (Å²) in [4.78, 5) is 0. The topological polar surface area (TPSA) is 47.6 Å². The average molecular weight is 494 g/mol. The minimum absolute atomic E-state index is 0.0926. The molecule has 0 radical (unpaired) electrons. The molecule has 3 aromatic carbocycles. The highest BCUT2D eigenvalue weighted by Crippen LogP contribution is 2.27. The molecule has 0 unspecified atom stereocenters. The maximum Gasteiger partial charge on any atom is 0.194 e. The molecule has 3 aromatic rings. The summed E-state index contributed by atoms with van der Waals surface area (Å²) in [6, 6.07) is 14.0. The van der Waals surface area contributed by atoms with Crippen LogP contribution in [0.1, 0.15) is 38.8 Å². The molecule has 0 saturated heterocycles. The van der Waals surface area contributed by atoms with Crippen molar-refractivity contribution >= 4 is 0 Å². The van der Waals surface area contributed by atoms with Gasteiger partial charge in [-0.1, -0.05) is 24.3 Å². The van der Waals surface area contributed by atoms with E-state index in [4.69, 9.17) is 10.5 Å². The zero-order valence-electron chi connectivity index (χ0n) is 19.2. The van der Waals surface area contributed by atoms with E-state index in [1.165, 1.54) is 32.0 Å². The van der Waals surface area contributed by atoms with Crippen LogP contribution in [0.5, 0.6) is 0 Å². The van der Waals surface area contributed by atoms with Gasteiger partial charge in [0.2, 0.25) is 0 Å². The van der Waals surface area contributed by atoms with Crippen molar-refractivity contribution in [3.8, 4) is 12.1 Å². The van der Waals surface area contributed by atoms with Gasteiger partial charge in [-0.2, -0.15) is 10.5 Å². The van der Waals surface area contributed by atoms with Crippen molar-refractivity contribution in [1.82, 2.24) is 0 Å². The number of hydrogen-bond donors (Lipinski definition) is 0. The zero-order chi connectivity index (χ0) is 27.0. The maximum atomic E-state index is 13.2. The second-order valence-electron chi connectivity index (χ2n) is 8.21. The van der Waals surface area contributed by atoms with E-state index in [2.05, 4.69) is 0 Å². The lowest BCUT2D eigenvalue weighted by atomic mass is 9.85. The predicted octanol–water partition coefficient (Wildman–Crippen LogP) is 7.64. The fourth-order valence-electron chi connectivity index (χ4n) is 2.67. The molecule has 0 heterocycles. The smallest absolute Gasteiger partial charge is 0.194 e. The van der Waals surface area contributed by atoms with E-state index in [1.807, 2.05) is 12.1 Å². The molecule has 0 aromatic heterocycles. The number of nitriles is 2. The van der Waals surface area contributed by atoms with Gasteiger partial charge in [0.05, 0.1) is 23.0 Å². The molecule has 0 aliphatic rings. The van der Waals surface area contributed by atoms with E-state index in [1.54, 1.807) is 13.8 Å². The Bertz CT molecular complexity index is 1220. The summed E-state index contributed by atoms with van der Waals surface area (Å²) in [6.07, 6.45) is 0. The third-order valence-corrected chi connectivity index (χ3v) is 4.68. The number of rotatable bonds is 2. The third-order valence-electron chi connectivity index (χ3n) is 4.68. The minimum atomic E-state index is -1.42. The molecular weight excluding hydrogens is 473 g/mol.